The van der Waals surface area contributed by atoms with Crippen molar-refractivity contribution < 1.29 is 9.53 Å². The number of nitrogen functional groups attached to an aromatic ring is 1. The van der Waals surface area contributed by atoms with E-state index in [0.29, 0.717) is 10.9 Å². The van der Waals surface area contributed by atoms with E-state index in [9.17, 15) is 9.59 Å². The van der Waals surface area contributed by atoms with Gasteiger partial charge in [0.25, 0.3) is 5.56 Å². The van der Waals surface area contributed by atoms with Crippen LogP contribution in [-0.4, -0.2) is 52.3 Å². The van der Waals surface area contributed by atoms with Crippen LogP contribution in [0.5, 0.6) is 11.5 Å². The molecule has 4 N–H and O–H groups in total. The van der Waals surface area contributed by atoms with Crippen LogP contribution in [0.25, 0.3) is 22.0 Å². The summed E-state index contributed by atoms with van der Waals surface area (Å²) < 4.78 is 7.98. The zero-order chi connectivity index (χ0) is 27.4. The summed E-state index contributed by atoms with van der Waals surface area (Å²) in [7, 11) is 3.92. The molecule has 2 aromatic carbocycles. The number of likely N-dealkylation sites (N-methyl/N-ethyl adjacent to an activating group) is 1. The smallest absolute Gasteiger partial charge is 0.288 e. The predicted molar refractivity (Wildman–Crippen MR) is 154 cm³/mol. The van der Waals surface area contributed by atoms with E-state index in [-0.39, 0.29) is 29.4 Å². The Kier molecular flexibility index (Phi) is 7.79. The zero-order valence-corrected chi connectivity index (χ0v) is 22.3. The molecule has 0 atom stereocenters. The van der Waals surface area contributed by atoms with Crippen LogP contribution >= 0.6 is 0 Å². The van der Waals surface area contributed by atoms with Gasteiger partial charge in [0.05, 0.1) is 5.39 Å². The number of carbonyl (C=O) groups is 1. The number of hydrogen-bond donors (Lipinski definition) is 3. The summed E-state index contributed by atoms with van der Waals surface area (Å²) in [6.07, 6.45) is 8.80. The molecule has 9 nitrogen and oxygen atoms in total. The number of ether oxygens (including phenoxy) is 1. The highest BCUT2D eigenvalue weighted by Gasteiger charge is 2.27. The van der Waals surface area contributed by atoms with Crippen LogP contribution in [0.2, 0.25) is 0 Å². The van der Waals surface area contributed by atoms with Crippen molar-refractivity contribution in [3.05, 3.63) is 83.3 Å². The molecule has 5 rings (SSSR count). The molecule has 2 heterocycles. The summed E-state index contributed by atoms with van der Waals surface area (Å²) in [5, 5.41) is 10.4. The number of hydrogen-bond acceptors (Lipinski definition) is 6. The molecule has 1 saturated carbocycles. The van der Waals surface area contributed by atoms with E-state index in [1.54, 1.807) is 6.08 Å². The van der Waals surface area contributed by atoms with Crippen molar-refractivity contribution in [1.29, 1.82) is 0 Å². The SMILES string of the molecule is CN(C)C/C=C/C(=O)N[C@H]1CC[C@@H](n2cc(-c3ccc(Oc4ccccc4)cc3)c3c(N)n[nH]c(=O)c32)CC1. The van der Waals surface area contributed by atoms with E-state index in [2.05, 4.69) is 15.5 Å². The Morgan fingerprint density at radius 1 is 1.10 bits per heavy atom. The standard InChI is InChI=1S/C30H34N6O3/c1-35(2)18-6-9-26(37)32-21-12-14-22(15-13-21)36-19-25(27-28(36)30(38)34-33-29(27)31)20-10-16-24(17-11-20)39-23-7-4-3-5-8-23/h3-11,16-17,19,21-22H,12-15,18H2,1-2H3,(H2,31,33)(H,32,37)(H,34,38)/b9-6+/t21-,22+. The van der Waals surface area contributed by atoms with Gasteiger partial charge in [0.15, 0.2) is 5.82 Å². The highest BCUT2D eigenvalue weighted by molar-refractivity contribution is 6.02. The van der Waals surface area contributed by atoms with Crippen molar-refractivity contribution in [2.75, 3.05) is 26.4 Å². The Balaban J connectivity index is 1.36. The lowest BCUT2D eigenvalue weighted by Gasteiger charge is -2.30. The average molecular weight is 527 g/mol. The number of benzene rings is 2. The Bertz CT molecular complexity index is 1510. The summed E-state index contributed by atoms with van der Waals surface area (Å²) in [4.78, 5) is 27.3. The number of fused-ring (bicyclic) bond motifs is 1. The number of aromatic nitrogens is 3. The summed E-state index contributed by atoms with van der Waals surface area (Å²) in [5.74, 6) is 1.70. The van der Waals surface area contributed by atoms with Crippen LogP contribution in [0.15, 0.2) is 77.7 Å². The first-order valence-corrected chi connectivity index (χ1v) is 13.2. The van der Waals surface area contributed by atoms with Crippen molar-refractivity contribution in [2.24, 2.45) is 0 Å². The average Bonchev–Trinajstić information content (AvgIpc) is 3.34. The second kappa shape index (κ2) is 11.6. The highest BCUT2D eigenvalue weighted by atomic mass is 16.5. The van der Waals surface area contributed by atoms with Crippen LogP contribution in [-0.2, 0) is 4.79 Å². The topological polar surface area (TPSA) is 118 Å². The second-order valence-corrected chi connectivity index (χ2v) is 10.2. The van der Waals surface area contributed by atoms with Crippen LogP contribution in [0, 0.1) is 0 Å². The van der Waals surface area contributed by atoms with Gasteiger partial charge in [0.2, 0.25) is 5.91 Å². The van der Waals surface area contributed by atoms with Crippen LogP contribution in [0.1, 0.15) is 31.7 Å². The van der Waals surface area contributed by atoms with Gasteiger partial charge >= 0.3 is 0 Å². The van der Waals surface area contributed by atoms with Crippen LogP contribution in [0.3, 0.4) is 0 Å². The van der Waals surface area contributed by atoms with Gasteiger partial charge in [-0.15, -0.1) is 0 Å². The Hall–Kier alpha value is -4.37. The van der Waals surface area contributed by atoms with Gasteiger partial charge in [-0.25, -0.2) is 5.10 Å². The number of nitrogens with zero attached hydrogens (tertiary/aromatic N) is 3. The lowest BCUT2D eigenvalue weighted by Crippen LogP contribution is -2.37. The molecule has 1 aliphatic carbocycles. The number of rotatable bonds is 8. The van der Waals surface area contributed by atoms with Gasteiger partial charge in [0, 0.05) is 36.5 Å². The molecule has 0 saturated heterocycles. The Labute approximate surface area is 227 Å². The lowest BCUT2D eigenvalue weighted by atomic mass is 9.91. The van der Waals surface area contributed by atoms with E-state index in [0.717, 1.165) is 54.9 Å². The van der Waals surface area contributed by atoms with Gasteiger partial charge in [-0.2, -0.15) is 5.10 Å². The first-order chi connectivity index (χ1) is 18.9. The first kappa shape index (κ1) is 26.2. The molecule has 0 spiro atoms. The normalized spacial score (nSPS) is 17.6. The molecule has 39 heavy (non-hydrogen) atoms. The predicted octanol–water partition coefficient (Wildman–Crippen LogP) is 4.48. The quantitative estimate of drug-likeness (QED) is 0.291. The molecule has 0 unspecified atom stereocenters. The highest BCUT2D eigenvalue weighted by Crippen LogP contribution is 2.38. The van der Waals surface area contributed by atoms with Crippen molar-refractivity contribution in [3.8, 4) is 22.6 Å². The molecule has 1 fully saturated rings. The number of nitrogens with two attached hydrogens (primary N) is 1. The van der Waals surface area contributed by atoms with Gasteiger partial charge in [-0.3, -0.25) is 9.59 Å². The number of carbonyl (C=O) groups excluding carboxylic acids is 1. The van der Waals surface area contributed by atoms with Crippen LogP contribution in [0.4, 0.5) is 5.82 Å². The third-order valence-electron chi connectivity index (χ3n) is 7.10. The number of H-pyrrole nitrogens is 1. The minimum atomic E-state index is -0.268. The summed E-state index contributed by atoms with van der Waals surface area (Å²) >= 11 is 0. The van der Waals surface area contributed by atoms with Crippen molar-refractivity contribution >= 4 is 22.6 Å². The third kappa shape index (κ3) is 6.04. The maximum atomic E-state index is 13.0. The summed E-state index contributed by atoms with van der Waals surface area (Å²) in [6, 6.07) is 17.6. The molecule has 202 valence electrons. The first-order valence-electron chi connectivity index (χ1n) is 13.2. The van der Waals surface area contributed by atoms with Gasteiger partial charge in [0.1, 0.15) is 17.0 Å². The maximum Gasteiger partial charge on any atom is 0.288 e. The largest absolute Gasteiger partial charge is 0.457 e. The lowest BCUT2D eigenvalue weighted by molar-refractivity contribution is -0.117. The number of amides is 1. The number of aromatic amines is 1. The van der Waals surface area contributed by atoms with E-state index >= 15 is 0 Å². The fourth-order valence-corrected chi connectivity index (χ4v) is 5.19. The number of anilines is 1. The van der Waals surface area contributed by atoms with Crippen LogP contribution < -0.4 is 21.3 Å². The molecule has 4 aromatic rings. The summed E-state index contributed by atoms with van der Waals surface area (Å²) in [6.45, 7) is 0.721. The maximum absolute atomic E-state index is 13.0. The summed E-state index contributed by atoms with van der Waals surface area (Å²) in [5.41, 5.74) is 8.33. The Morgan fingerprint density at radius 2 is 1.79 bits per heavy atom. The number of para-hydroxylation sites is 1. The molecule has 2 aromatic heterocycles. The molecular formula is C30H34N6O3. The van der Waals surface area contributed by atoms with E-state index in [4.69, 9.17) is 10.5 Å². The Morgan fingerprint density at radius 3 is 2.49 bits per heavy atom. The fraction of sp³-hybridized carbons (Fsp3) is 0.300. The molecule has 0 radical (unpaired) electrons. The van der Waals surface area contributed by atoms with E-state index < -0.39 is 0 Å². The van der Waals surface area contributed by atoms with Gasteiger partial charge < -0.3 is 25.3 Å². The van der Waals surface area contributed by atoms with Gasteiger partial charge in [-0.05, 0) is 69.6 Å². The molecular weight excluding hydrogens is 492 g/mol. The van der Waals surface area contributed by atoms with E-state index in [1.807, 2.05) is 90.4 Å². The molecule has 0 aliphatic heterocycles. The van der Waals surface area contributed by atoms with Gasteiger partial charge in [-0.1, -0.05) is 36.4 Å². The number of nitrogens with one attached hydrogen (secondary N) is 2. The fourth-order valence-electron chi connectivity index (χ4n) is 5.19. The molecule has 1 amide bonds. The van der Waals surface area contributed by atoms with Crippen molar-refractivity contribution in [3.63, 3.8) is 0 Å². The monoisotopic (exact) mass is 526 g/mol. The van der Waals surface area contributed by atoms with E-state index in [1.165, 1.54) is 0 Å². The molecule has 0 bridgehead atoms. The van der Waals surface area contributed by atoms with Crippen molar-refractivity contribution in [1.82, 2.24) is 25.0 Å². The van der Waals surface area contributed by atoms with Crippen molar-refractivity contribution in [2.45, 2.75) is 37.8 Å². The minimum Gasteiger partial charge on any atom is -0.457 e. The third-order valence-corrected chi connectivity index (χ3v) is 7.10. The minimum absolute atomic E-state index is 0.0658. The molecule has 1 aliphatic rings. The zero-order valence-electron chi connectivity index (χ0n) is 22.3. The second-order valence-electron chi connectivity index (χ2n) is 10.2. The molecule has 9 heteroatoms.